The molecule has 5 heteroatoms. The van der Waals surface area contributed by atoms with Gasteiger partial charge < -0.3 is 15.2 Å². The Kier molecular flexibility index (Phi) is 4.62. The number of ether oxygens (including phenoxy) is 2. The summed E-state index contributed by atoms with van der Waals surface area (Å²) in [6.07, 6.45) is 0. The molecule has 0 aliphatic carbocycles. The summed E-state index contributed by atoms with van der Waals surface area (Å²) in [6.45, 7) is 2.53. The number of rotatable bonds is 5. The third-order valence-corrected chi connectivity index (χ3v) is 2.85. The van der Waals surface area contributed by atoms with Crippen molar-refractivity contribution in [1.29, 1.82) is 5.26 Å². The standard InChI is InChI=1S/C16H15FN2O2/c1-2-20-15-7-6-12(19)8-11(15)10-21-16-5-3-4-14(17)13(16)9-18/h3-8H,2,10,19H2,1H3. The summed E-state index contributed by atoms with van der Waals surface area (Å²) in [5.41, 5.74) is 6.96. The second kappa shape index (κ2) is 6.62. The fourth-order valence-electron chi connectivity index (χ4n) is 1.90. The topological polar surface area (TPSA) is 68.3 Å². The first kappa shape index (κ1) is 14.7. The van der Waals surface area contributed by atoms with E-state index in [9.17, 15) is 4.39 Å². The third kappa shape index (κ3) is 3.42. The molecule has 0 spiro atoms. The molecule has 0 aromatic heterocycles. The number of hydrogen-bond donors (Lipinski definition) is 1. The molecule has 4 nitrogen and oxygen atoms in total. The number of anilines is 1. The number of nitrogen functional groups attached to an aromatic ring is 1. The van der Waals surface area contributed by atoms with E-state index in [1.54, 1.807) is 30.3 Å². The van der Waals surface area contributed by atoms with Crippen LogP contribution in [-0.2, 0) is 6.61 Å². The fraction of sp³-hybridized carbons (Fsp3) is 0.188. The molecule has 2 rings (SSSR count). The van der Waals surface area contributed by atoms with Crippen LogP contribution in [0.3, 0.4) is 0 Å². The molecule has 0 saturated carbocycles. The van der Waals surface area contributed by atoms with E-state index in [0.29, 0.717) is 18.0 Å². The normalized spacial score (nSPS) is 9.95. The molecule has 0 aliphatic rings. The minimum atomic E-state index is -0.604. The van der Waals surface area contributed by atoms with Crippen LogP contribution in [0.5, 0.6) is 11.5 Å². The van der Waals surface area contributed by atoms with Crippen LogP contribution in [0.2, 0.25) is 0 Å². The minimum absolute atomic E-state index is 0.112. The van der Waals surface area contributed by atoms with Gasteiger partial charge in [0.1, 0.15) is 35.6 Å². The Morgan fingerprint density at radius 3 is 2.71 bits per heavy atom. The Labute approximate surface area is 122 Å². The molecule has 0 atom stereocenters. The minimum Gasteiger partial charge on any atom is -0.493 e. The first-order valence-corrected chi connectivity index (χ1v) is 6.48. The van der Waals surface area contributed by atoms with Gasteiger partial charge in [-0.2, -0.15) is 5.26 Å². The average Bonchev–Trinajstić information content (AvgIpc) is 2.47. The van der Waals surface area contributed by atoms with E-state index in [0.717, 1.165) is 5.56 Å². The van der Waals surface area contributed by atoms with Crippen molar-refractivity contribution in [2.45, 2.75) is 13.5 Å². The third-order valence-electron chi connectivity index (χ3n) is 2.85. The molecule has 0 amide bonds. The van der Waals surface area contributed by atoms with Crippen LogP contribution < -0.4 is 15.2 Å². The van der Waals surface area contributed by atoms with Crippen LogP contribution in [0, 0.1) is 17.1 Å². The van der Waals surface area contributed by atoms with Gasteiger partial charge in [0, 0.05) is 11.3 Å². The molecule has 21 heavy (non-hydrogen) atoms. The highest BCUT2D eigenvalue weighted by Crippen LogP contribution is 2.26. The van der Waals surface area contributed by atoms with E-state index in [2.05, 4.69) is 0 Å². The zero-order valence-corrected chi connectivity index (χ0v) is 11.6. The lowest BCUT2D eigenvalue weighted by molar-refractivity contribution is 0.285. The van der Waals surface area contributed by atoms with Gasteiger partial charge in [-0.3, -0.25) is 0 Å². The highest BCUT2D eigenvalue weighted by molar-refractivity contribution is 5.48. The van der Waals surface area contributed by atoms with Crippen molar-refractivity contribution < 1.29 is 13.9 Å². The van der Waals surface area contributed by atoms with Gasteiger partial charge in [0.25, 0.3) is 0 Å². The Balaban J connectivity index is 2.23. The number of hydrogen-bond acceptors (Lipinski definition) is 4. The molecule has 2 aromatic rings. The first-order chi connectivity index (χ1) is 10.2. The zero-order chi connectivity index (χ0) is 15.2. The van der Waals surface area contributed by atoms with E-state index >= 15 is 0 Å². The summed E-state index contributed by atoms with van der Waals surface area (Å²) in [5, 5.41) is 8.96. The van der Waals surface area contributed by atoms with Gasteiger partial charge in [-0.1, -0.05) is 6.07 Å². The molecular formula is C16H15FN2O2. The maximum atomic E-state index is 13.5. The van der Waals surface area contributed by atoms with Gasteiger partial charge in [-0.05, 0) is 37.3 Å². The van der Waals surface area contributed by atoms with Crippen molar-refractivity contribution in [3.8, 4) is 17.6 Å². The fourth-order valence-corrected chi connectivity index (χ4v) is 1.90. The van der Waals surface area contributed by atoms with Crippen molar-refractivity contribution in [3.05, 3.63) is 53.3 Å². The molecule has 0 bridgehead atoms. The monoisotopic (exact) mass is 286 g/mol. The Hall–Kier alpha value is -2.74. The SMILES string of the molecule is CCOc1ccc(N)cc1COc1cccc(F)c1C#N. The van der Waals surface area contributed by atoms with Gasteiger partial charge in [-0.15, -0.1) is 0 Å². The van der Waals surface area contributed by atoms with E-state index in [-0.39, 0.29) is 17.9 Å². The van der Waals surface area contributed by atoms with Crippen molar-refractivity contribution in [1.82, 2.24) is 0 Å². The van der Waals surface area contributed by atoms with Crippen molar-refractivity contribution in [2.24, 2.45) is 0 Å². The number of nitrogens with zero attached hydrogens (tertiary/aromatic N) is 1. The number of halogens is 1. The van der Waals surface area contributed by atoms with Crippen LogP contribution in [0.4, 0.5) is 10.1 Å². The predicted octanol–water partition coefficient (Wildman–Crippen LogP) is 3.26. The number of benzene rings is 2. The Bertz CT molecular complexity index is 680. The lowest BCUT2D eigenvalue weighted by atomic mass is 10.2. The highest BCUT2D eigenvalue weighted by atomic mass is 19.1. The van der Waals surface area contributed by atoms with Crippen LogP contribution in [0.15, 0.2) is 36.4 Å². The van der Waals surface area contributed by atoms with Crippen LogP contribution in [0.1, 0.15) is 18.1 Å². The van der Waals surface area contributed by atoms with Crippen molar-refractivity contribution in [3.63, 3.8) is 0 Å². The van der Waals surface area contributed by atoms with Crippen LogP contribution in [-0.4, -0.2) is 6.61 Å². The van der Waals surface area contributed by atoms with Crippen molar-refractivity contribution in [2.75, 3.05) is 12.3 Å². The molecular weight excluding hydrogens is 271 g/mol. The van der Waals surface area contributed by atoms with Gasteiger partial charge in [0.2, 0.25) is 0 Å². The van der Waals surface area contributed by atoms with Gasteiger partial charge in [0.05, 0.1) is 6.61 Å². The summed E-state index contributed by atoms with van der Waals surface area (Å²) in [7, 11) is 0. The maximum Gasteiger partial charge on any atom is 0.144 e. The van der Waals surface area contributed by atoms with E-state index < -0.39 is 5.82 Å². The molecule has 0 aliphatic heterocycles. The zero-order valence-electron chi connectivity index (χ0n) is 11.6. The first-order valence-electron chi connectivity index (χ1n) is 6.48. The van der Waals surface area contributed by atoms with Gasteiger partial charge in [0.15, 0.2) is 0 Å². The maximum absolute atomic E-state index is 13.5. The van der Waals surface area contributed by atoms with Gasteiger partial charge in [-0.25, -0.2) is 4.39 Å². The lowest BCUT2D eigenvalue weighted by Crippen LogP contribution is -2.03. The number of nitrogens with two attached hydrogens (primary N) is 1. The molecule has 2 aromatic carbocycles. The van der Waals surface area contributed by atoms with E-state index in [4.69, 9.17) is 20.5 Å². The molecule has 0 saturated heterocycles. The molecule has 0 fully saturated rings. The molecule has 0 heterocycles. The van der Waals surface area contributed by atoms with Crippen molar-refractivity contribution >= 4 is 5.69 Å². The molecule has 108 valence electrons. The lowest BCUT2D eigenvalue weighted by Gasteiger charge is -2.13. The summed E-state index contributed by atoms with van der Waals surface area (Å²) >= 11 is 0. The summed E-state index contributed by atoms with van der Waals surface area (Å²) in [5.74, 6) is 0.247. The van der Waals surface area contributed by atoms with Crippen LogP contribution in [0.25, 0.3) is 0 Å². The van der Waals surface area contributed by atoms with Gasteiger partial charge >= 0.3 is 0 Å². The quantitative estimate of drug-likeness (QED) is 0.857. The van der Waals surface area contributed by atoms with E-state index in [1.807, 2.05) is 6.92 Å². The molecule has 2 N–H and O–H groups in total. The number of nitriles is 1. The smallest absolute Gasteiger partial charge is 0.144 e. The average molecular weight is 286 g/mol. The summed E-state index contributed by atoms with van der Waals surface area (Å²) in [6, 6.07) is 11.3. The molecule has 0 unspecified atom stereocenters. The summed E-state index contributed by atoms with van der Waals surface area (Å²) in [4.78, 5) is 0. The second-order valence-electron chi connectivity index (χ2n) is 4.31. The largest absolute Gasteiger partial charge is 0.493 e. The Morgan fingerprint density at radius 2 is 2.00 bits per heavy atom. The predicted molar refractivity (Wildman–Crippen MR) is 77.5 cm³/mol. The highest BCUT2D eigenvalue weighted by Gasteiger charge is 2.11. The summed E-state index contributed by atoms with van der Waals surface area (Å²) < 4.78 is 24.5. The molecule has 0 radical (unpaired) electrons. The Morgan fingerprint density at radius 1 is 1.19 bits per heavy atom. The van der Waals surface area contributed by atoms with Crippen LogP contribution >= 0.6 is 0 Å². The van der Waals surface area contributed by atoms with E-state index in [1.165, 1.54) is 12.1 Å². The second-order valence-corrected chi connectivity index (χ2v) is 4.31.